The standard InChI is InChI=1S/C13H20FN5/c1-15-13-16-8-11(14)12(17-13)19-7-6-18-5-3-2-4-10(18)9-19/h8,10H,2-7,9H2,1H3,(H,15,16,17). The fraction of sp³-hybridized carbons (Fsp3) is 0.692. The smallest absolute Gasteiger partial charge is 0.224 e. The van der Waals surface area contributed by atoms with Gasteiger partial charge >= 0.3 is 0 Å². The van der Waals surface area contributed by atoms with Crippen LogP contribution in [-0.4, -0.2) is 54.1 Å². The Morgan fingerprint density at radius 3 is 3.05 bits per heavy atom. The van der Waals surface area contributed by atoms with Crippen LogP contribution in [-0.2, 0) is 0 Å². The zero-order valence-electron chi connectivity index (χ0n) is 11.3. The molecule has 19 heavy (non-hydrogen) atoms. The first-order valence-corrected chi connectivity index (χ1v) is 6.97. The average molecular weight is 265 g/mol. The number of hydrogen-bond donors (Lipinski definition) is 1. The molecule has 1 N–H and O–H groups in total. The Morgan fingerprint density at radius 1 is 1.32 bits per heavy atom. The Labute approximate surface area is 112 Å². The van der Waals surface area contributed by atoms with Crippen LogP contribution < -0.4 is 10.2 Å². The maximum atomic E-state index is 13.9. The van der Waals surface area contributed by atoms with Crippen molar-refractivity contribution in [2.75, 3.05) is 43.4 Å². The summed E-state index contributed by atoms with van der Waals surface area (Å²) < 4.78 is 13.9. The number of nitrogens with zero attached hydrogens (tertiary/aromatic N) is 4. The highest BCUT2D eigenvalue weighted by atomic mass is 19.1. The van der Waals surface area contributed by atoms with Crippen LogP contribution in [0.5, 0.6) is 0 Å². The number of rotatable bonds is 2. The van der Waals surface area contributed by atoms with E-state index in [1.165, 1.54) is 32.0 Å². The molecular formula is C13H20FN5. The van der Waals surface area contributed by atoms with Gasteiger partial charge in [-0.3, -0.25) is 4.90 Å². The molecule has 2 aliphatic rings. The number of fused-ring (bicyclic) bond motifs is 1. The third-order valence-corrected chi connectivity index (χ3v) is 4.09. The van der Waals surface area contributed by atoms with Crippen molar-refractivity contribution in [1.29, 1.82) is 0 Å². The number of piperidine rings is 1. The third kappa shape index (κ3) is 2.49. The summed E-state index contributed by atoms with van der Waals surface area (Å²) in [5.74, 6) is 0.579. The zero-order chi connectivity index (χ0) is 13.2. The minimum atomic E-state index is -0.330. The molecule has 2 saturated heterocycles. The van der Waals surface area contributed by atoms with E-state index in [1.807, 2.05) is 0 Å². The molecule has 3 heterocycles. The van der Waals surface area contributed by atoms with Crippen LogP contribution in [0.3, 0.4) is 0 Å². The molecule has 0 bridgehead atoms. The highest BCUT2D eigenvalue weighted by Crippen LogP contribution is 2.25. The van der Waals surface area contributed by atoms with Crippen LogP contribution >= 0.6 is 0 Å². The lowest BCUT2D eigenvalue weighted by molar-refractivity contribution is 0.133. The molecule has 0 aliphatic carbocycles. The summed E-state index contributed by atoms with van der Waals surface area (Å²) in [7, 11) is 1.75. The van der Waals surface area contributed by atoms with E-state index in [1.54, 1.807) is 7.05 Å². The first-order valence-electron chi connectivity index (χ1n) is 6.97. The van der Waals surface area contributed by atoms with E-state index in [9.17, 15) is 4.39 Å². The van der Waals surface area contributed by atoms with Crippen LogP contribution in [0, 0.1) is 5.82 Å². The predicted octanol–water partition coefficient (Wildman–Crippen LogP) is 1.33. The number of hydrogen-bond acceptors (Lipinski definition) is 5. The highest BCUT2D eigenvalue weighted by Gasteiger charge is 2.30. The molecule has 2 aliphatic heterocycles. The van der Waals surface area contributed by atoms with E-state index in [0.29, 0.717) is 17.8 Å². The SMILES string of the molecule is CNc1ncc(F)c(N2CCN3CCCCC3C2)n1. The lowest BCUT2D eigenvalue weighted by Crippen LogP contribution is -2.55. The lowest BCUT2D eigenvalue weighted by atomic mass is 9.99. The van der Waals surface area contributed by atoms with E-state index in [4.69, 9.17) is 0 Å². The van der Waals surface area contributed by atoms with Crippen LogP contribution in [0.15, 0.2) is 6.20 Å². The Bertz CT molecular complexity index is 453. The van der Waals surface area contributed by atoms with E-state index >= 15 is 0 Å². The van der Waals surface area contributed by atoms with E-state index < -0.39 is 0 Å². The summed E-state index contributed by atoms with van der Waals surface area (Å²) in [6.07, 6.45) is 5.04. The molecule has 5 nitrogen and oxygen atoms in total. The largest absolute Gasteiger partial charge is 0.357 e. The van der Waals surface area contributed by atoms with Gasteiger partial charge in [-0.05, 0) is 19.4 Å². The van der Waals surface area contributed by atoms with Gasteiger partial charge in [0.1, 0.15) is 0 Å². The molecule has 0 aromatic carbocycles. The Balaban J connectivity index is 1.79. The lowest BCUT2D eigenvalue weighted by Gasteiger charge is -2.44. The molecule has 3 rings (SSSR count). The van der Waals surface area contributed by atoms with Crippen molar-refractivity contribution in [2.24, 2.45) is 0 Å². The minimum Gasteiger partial charge on any atom is -0.357 e. The molecule has 6 heteroatoms. The quantitative estimate of drug-likeness (QED) is 0.874. The molecule has 1 aromatic rings. The van der Waals surface area contributed by atoms with Gasteiger partial charge in [0.25, 0.3) is 0 Å². The van der Waals surface area contributed by atoms with Gasteiger partial charge in [-0.15, -0.1) is 0 Å². The minimum absolute atomic E-state index is 0.330. The van der Waals surface area contributed by atoms with Crippen LogP contribution in [0.25, 0.3) is 0 Å². The Hall–Kier alpha value is -1.43. The highest BCUT2D eigenvalue weighted by molar-refractivity contribution is 5.44. The summed E-state index contributed by atoms with van der Waals surface area (Å²) in [5, 5.41) is 2.86. The average Bonchev–Trinajstić information content (AvgIpc) is 2.47. The predicted molar refractivity (Wildman–Crippen MR) is 73.0 cm³/mol. The molecular weight excluding hydrogens is 245 g/mol. The summed E-state index contributed by atoms with van der Waals surface area (Å²) in [5.41, 5.74) is 0. The van der Waals surface area contributed by atoms with E-state index in [2.05, 4.69) is 25.1 Å². The molecule has 2 fully saturated rings. The number of halogens is 1. The summed E-state index contributed by atoms with van der Waals surface area (Å²) in [4.78, 5) is 12.7. The Kier molecular flexibility index (Phi) is 3.50. The fourth-order valence-corrected chi connectivity index (χ4v) is 3.05. The van der Waals surface area contributed by atoms with Crippen LogP contribution in [0.4, 0.5) is 16.2 Å². The number of aromatic nitrogens is 2. The molecule has 0 amide bonds. The number of piperazine rings is 1. The van der Waals surface area contributed by atoms with Crippen molar-refractivity contribution in [3.63, 3.8) is 0 Å². The van der Waals surface area contributed by atoms with Gasteiger partial charge in [0.05, 0.1) is 6.20 Å². The monoisotopic (exact) mass is 265 g/mol. The van der Waals surface area contributed by atoms with Crippen molar-refractivity contribution in [1.82, 2.24) is 14.9 Å². The molecule has 1 aromatic heterocycles. The molecule has 0 spiro atoms. The summed E-state index contributed by atoms with van der Waals surface area (Å²) in [6, 6.07) is 0.551. The first-order chi connectivity index (χ1) is 9.28. The Morgan fingerprint density at radius 2 is 2.21 bits per heavy atom. The maximum absolute atomic E-state index is 13.9. The van der Waals surface area contributed by atoms with Crippen LogP contribution in [0.2, 0.25) is 0 Å². The fourth-order valence-electron chi connectivity index (χ4n) is 3.05. The van der Waals surface area contributed by atoms with Crippen molar-refractivity contribution >= 4 is 11.8 Å². The normalized spacial score (nSPS) is 24.1. The van der Waals surface area contributed by atoms with Crippen molar-refractivity contribution in [3.05, 3.63) is 12.0 Å². The molecule has 104 valence electrons. The van der Waals surface area contributed by atoms with Crippen molar-refractivity contribution in [3.8, 4) is 0 Å². The number of nitrogens with one attached hydrogen (secondary N) is 1. The first kappa shape index (κ1) is 12.6. The maximum Gasteiger partial charge on any atom is 0.224 e. The molecule has 1 unspecified atom stereocenters. The topological polar surface area (TPSA) is 44.3 Å². The molecule has 1 atom stereocenters. The van der Waals surface area contributed by atoms with E-state index in [0.717, 1.165) is 19.6 Å². The van der Waals surface area contributed by atoms with Gasteiger partial charge in [0.2, 0.25) is 5.95 Å². The summed E-state index contributed by atoms with van der Waals surface area (Å²) in [6.45, 7) is 3.90. The second kappa shape index (κ2) is 5.28. The van der Waals surface area contributed by atoms with Gasteiger partial charge in [0.15, 0.2) is 11.6 Å². The van der Waals surface area contributed by atoms with Gasteiger partial charge in [-0.2, -0.15) is 4.98 Å². The van der Waals surface area contributed by atoms with Crippen molar-refractivity contribution in [2.45, 2.75) is 25.3 Å². The van der Waals surface area contributed by atoms with Crippen molar-refractivity contribution < 1.29 is 4.39 Å². The summed E-state index contributed by atoms with van der Waals surface area (Å²) >= 11 is 0. The zero-order valence-corrected chi connectivity index (χ0v) is 11.3. The molecule has 0 saturated carbocycles. The van der Waals surface area contributed by atoms with Gasteiger partial charge in [0, 0.05) is 32.7 Å². The van der Waals surface area contributed by atoms with Crippen LogP contribution in [0.1, 0.15) is 19.3 Å². The number of anilines is 2. The van der Waals surface area contributed by atoms with Gasteiger partial charge in [-0.1, -0.05) is 6.42 Å². The third-order valence-electron chi connectivity index (χ3n) is 4.09. The van der Waals surface area contributed by atoms with Gasteiger partial charge in [-0.25, -0.2) is 9.37 Å². The second-order valence-corrected chi connectivity index (χ2v) is 5.25. The second-order valence-electron chi connectivity index (χ2n) is 5.25. The van der Waals surface area contributed by atoms with E-state index in [-0.39, 0.29) is 5.82 Å². The molecule has 0 radical (unpaired) electrons. The van der Waals surface area contributed by atoms with Gasteiger partial charge < -0.3 is 10.2 Å².